The van der Waals surface area contributed by atoms with E-state index in [1.165, 1.54) is 36.9 Å². The van der Waals surface area contributed by atoms with E-state index in [0.717, 1.165) is 36.3 Å². The van der Waals surface area contributed by atoms with Crippen molar-refractivity contribution in [2.24, 2.45) is 16.6 Å². The van der Waals surface area contributed by atoms with Gasteiger partial charge in [-0.2, -0.15) is 8.78 Å². The number of aromatic nitrogens is 3. The molecule has 2 aromatic rings. The monoisotopic (exact) mass is 763 g/mol. The summed E-state index contributed by atoms with van der Waals surface area (Å²) in [6, 6.07) is 2.23. The normalized spacial score (nSPS) is 21.4. The van der Waals surface area contributed by atoms with E-state index in [0.29, 0.717) is 12.8 Å². The molecule has 2 atom stereocenters. The number of nitrogens with one attached hydrogen (secondary N) is 1. The molecule has 2 aliphatic heterocycles. The Hall–Kier alpha value is -4.49. The molecule has 4 amide bonds. The summed E-state index contributed by atoms with van der Waals surface area (Å²) in [4.78, 5) is 72.1. The van der Waals surface area contributed by atoms with Crippen LogP contribution in [-0.2, 0) is 39.4 Å². The first-order chi connectivity index (χ1) is 25.0. The minimum absolute atomic E-state index is 0.0339. The number of amides is 4. The number of Topliss-reactive ketones (excluding diaryl/α,β-unsaturated/α-hetero) is 1. The lowest BCUT2D eigenvalue weighted by Crippen LogP contribution is -2.63. The van der Waals surface area contributed by atoms with Crippen molar-refractivity contribution in [3.63, 3.8) is 0 Å². The van der Waals surface area contributed by atoms with Crippen LogP contribution < -0.4 is 11.1 Å². The molecule has 0 radical (unpaired) electrons. The van der Waals surface area contributed by atoms with Gasteiger partial charge in [-0.1, -0.05) is 49.5 Å². The summed E-state index contributed by atoms with van der Waals surface area (Å²) in [5.74, 6) is -9.17. The van der Waals surface area contributed by atoms with Crippen LogP contribution in [0.3, 0.4) is 0 Å². The fourth-order valence-electron chi connectivity index (χ4n) is 7.28. The van der Waals surface area contributed by atoms with Gasteiger partial charge < -0.3 is 25.8 Å². The van der Waals surface area contributed by atoms with Crippen LogP contribution in [0.25, 0.3) is 0 Å². The smallest absolute Gasteiger partial charge is 0.341 e. The third-order valence-electron chi connectivity index (χ3n) is 10.1. The lowest BCUT2D eigenvalue weighted by Gasteiger charge is -2.37. The van der Waals surface area contributed by atoms with Crippen LogP contribution >= 0.6 is 0 Å². The zero-order valence-corrected chi connectivity index (χ0v) is 30.2. The zero-order valence-electron chi connectivity index (χ0n) is 29.4. The van der Waals surface area contributed by atoms with Gasteiger partial charge >= 0.3 is 5.76 Å². The SMILES string of the molecule is CC(C)(O)c1cnnn1[C@H]1C[C@@H](C(=O)NC2(C(=O)C(N)=O)CCOCC2)N(C(=O)C(CC2CCCCC2)=NC(=O)c2ccccc2S(=O)(=O)C(F)F)C1. The maximum Gasteiger partial charge on any atom is 0.341 e. The summed E-state index contributed by atoms with van der Waals surface area (Å²) >= 11 is 0. The van der Waals surface area contributed by atoms with Gasteiger partial charge in [0, 0.05) is 39.0 Å². The molecule has 1 saturated carbocycles. The number of sulfone groups is 1. The molecule has 1 aliphatic carbocycles. The molecule has 19 heteroatoms. The number of primary amides is 1. The molecule has 3 fully saturated rings. The summed E-state index contributed by atoms with van der Waals surface area (Å²) < 4.78 is 58.9. The fourth-order valence-corrected chi connectivity index (χ4v) is 8.20. The van der Waals surface area contributed by atoms with Crippen LogP contribution in [0.2, 0.25) is 0 Å². The first-order valence-electron chi connectivity index (χ1n) is 17.4. The molecule has 4 N–H and O–H groups in total. The largest absolute Gasteiger partial charge is 0.384 e. The molecule has 3 heterocycles. The average Bonchev–Trinajstić information content (AvgIpc) is 3.80. The molecule has 1 aromatic heterocycles. The highest BCUT2D eigenvalue weighted by molar-refractivity contribution is 7.91. The molecular formula is C34H43F2N7O9S. The van der Waals surface area contributed by atoms with Gasteiger partial charge in [0.25, 0.3) is 17.7 Å². The molecule has 0 bridgehead atoms. The van der Waals surface area contributed by atoms with E-state index in [1.807, 2.05) is 0 Å². The van der Waals surface area contributed by atoms with Gasteiger partial charge in [-0.15, -0.1) is 5.10 Å². The molecule has 53 heavy (non-hydrogen) atoms. The molecule has 2 saturated heterocycles. The summed E-state index contributed by atoms with van der Waals surface area (Å²) in [6.07, 6.45) is 5.08. The lowest BCUT2D eigenvalue weighted by molar-refractivity contribution is -0.146. The minimum Gasteiger partial charge on any atom is -0.384 e. The predicted octanol–water partition coefficient (Wildman–Crippen LogP) is 1.62. The molecule has 5 rings (SSSR count). The van der Waals surface area contributed by atoms with Crippen LogP contribution in [0.5, 0.6) is 0 Å². The number of hydrogen-bond acceptors (Lipinski definition) is 11. The number of alkyl halides is 2. The highest BCUT2D eigenvalue weighted by Crippen LogP contribution is 2.34. The first-order valence-corrected chi connectivity index (χ1v) is 18.9. The number of benzene rings is 1. The first kappa shape index (κ1) is 39.7. The number of nitrogens with two attached hydrogens (primary N) is 1. The Labute approximate surface area is 304 Å². The van der Waals surface area contributed by atoms with Crippen LogP contribution in [0.4, 0.5) is 8.78 Å². The maximum atomic E-state index is 14.7. The second-order valence-electron chi connectivity index (χ2n) is 14.2. The van der Waals surface area contributed by atoms with Gasteiger partial charge in [-0.05, 0) is 38.3 Å². The average molecular weight is 764 g/mol. The molecule has 1 aromatic carbocycles. The minimum atomic E-state index is -5.23. The number of likely N-dealkylation sites (tertiary alicyclic amines) is 1. The van der Waals surface area contributed by atoms with Crippen LogP contribution in [0.1, 0.15) is 93.7 Å². The fraction of sp³-hybridized carbons (Fsp3) is 0.588. The van der Waals surface area contributed by atoms with Gasteiger partial charge in [-0.25, -0.2) is 18.1 Å². The Balaban J connectivity index is 1.57. The van der Waals surface area contributed by atoms with Crippen molar-refractivity contribution in [2.75, 3.05) is 19.8 Å². The van der Waals surface area contributed by atoms with E-state index in [4.69, 9.17) is 10.5 Å². The molecule has 16 nitrogen and oxygen atoms in total. The Kier molecular flexibility index (Phi) is 11.9. The predicted molar refractivity (Wildman–Crippen MR) is 182 cm³/mol. The summed E-state index contributed by atoms with van der Waals surface area (Å²) in [5, 5.41) is 21.5. The van der Waals surface area contributed by atoms with Crippen molar-refractivity contribution >= 4 is 45.0 Å². The number of ketones is 1. The number of carbonyl (C=O) groups excluding carboxylic acids is 5. The topological polar surface area (TPSA) is 233 Å². The second-order valence-corrected chi connectivity index (χ2v) is 16.1. The molecule has 3 aliphatic rings. The van der Waals surface area contributed by atoms with E-state index in [2.05, 4.69) is 20.6 Å². The number of nitrogens with zero attached hydrogens (tertiary/aromatic N) is 5. The molecule has 288 valence electrons. The number of halogens is 2. The van der Waals surface area contributed by atoms with E-state index in [1.54, 1.807) is 0 Å². The number of aliphatic imine (C=N–C) groups is 1. The van der Waals surface area contributed by atoms with Crippen LogP contribution in [-0.4, -0.2) is 106 Å². The van der Waals surface area contributed by atoms with Crippen LogP contribution in [0, 0.1) is 5.92 Å². The molecule has 0 spiro atoms. The molecular weight excluding hydrogens is 720 g/mol. The van der Waals surface area contributed by atoms with Gasteiger partial charge in [0.05, 0.1) is 28.4 Å². The standard InChI is InChI=1S/C34H43F2N7O9S/c1-33(2,49)26-18-38-41-43(26)21-17-24(30(47)40-34(27(44)28(37)45)12-14-52-15-13-34)42(19-21)31(48)23(16-20-8-4-3-5-9-20)39-29(46)22-10-6-7-11-25(22)53(50,51)32(35)36/h6-7,10-11,18,20-21,24,32,49H,3-5,8-9,12-17,19H2,1-2H3,(H2,37,45)(H,40,47)/t21-,24-/m0/s1. The number of carbonyl (C=O) groups is 5. The van der Waals surface area contributed by atoms with Crippen molar-refractivity contribution in [1.82, 2.24) is 25.2 Å². The van der Waals surface area contributed by atoms with Crippen LogP contribution in [0.15, 0.2) is 40.4 Å². The Bertz CT molecular complexity index is 1880. The van der Waals surface area contributed by atoms with Crippen molar-refractivity contribution < 1.29 is 51.0 Å². The van der Waals surface area contributed by atoms with Gasteiger partial charge in [0.15, 0.2) is 0 Å². The van der Waals surface area contributed by atoms with Crippen molar-refractivity contribution in [3.05, 3.63) is 41.7 Å². The quantitative estimate of drug-likeness (QED) is 0.208. The third-order valence-corrected chi connectivity index (χ3v) is 11.5. The summed E-state index contributed by atoms with van der Waals surface area (Å²) in [5.41, 5.74) is 1.50. The summed E-state index contributed by atoms with van der Waals surface area (Å²) in [6.45, 7) is 2.86. The van der Waals surface area contributed by atoms with Gasteiger partial charge in [0.1, 0.15) is 22.9 Å². The number of ether oxygens (including phenoxy) is 1. The molecule has 0 unspecified atom stereocenters. The Morgan fingerprint density at radius 3 is 2.40 bits per heavy atom. The van der Waals surface area contributed by atoms with Gasteiger partial charge in [0.2, 0.25) is 21.5 Å². The highest BCUT2D eigenvalue weighted by Gasteiger charge is 2.49. The van der Waals surface area contributed by atoms with E-state index in [-0.39, 0.29) is 62.8 Å². The Morgan fingerprint density at radius 2 is 1.77 bits per heavy atom. The zero-order chi connectivity index (χ0) is 38.7. The lowest BCUT2D eigenvalue weighted by atomic mass is 9.84. The maximum absolute atomic E-state index is 14.7. The van der Waals surface area contributed by atoms with Crippen molar-refractivity contribution in [2.45, 2.75) is 106 Å². The van der Waals surface area contributed by atoms with Crippen molar-refractivity contribution in [1.29, 1.82) is 0 Å². The van der Waals surface area contributed by atoms with E-state index in [9.17, 15) is 46.3 Å². The number of aliphatic hydroxyl groups is 1. The summed E-state index contributed by atoms with van der Waals surface area (Å²) in [7, 11) is -5.23. The third kappa shape index (κ3) is 8.51. The van der Waals surface area contributed by atoms with Crippen molar-refractivity contribution in [3.8, 4) is 0 Å². The van der Waals surface area contributed by atoms with E-state index >= 15 is 0 Å². The number of hydrogen-bond donors (Lipinski definition) is 3. The van der Waals surface area contributed by atoms with E-state index < -0.39 is 78.7 Å². The highest BCUT2D eigenvalue weighted by atomic mass is 32.2. The van der Waals surface area contributed by atoms with Gasteiger partial charge in [-0.3, -0.25) is 24.0 Å². The second kappa shape index (κ2) is 15.9. The Morgan fingerprint density at radius 1 is 1.11 bits per heavy atom. The number of rotatable bonds is 12.